The fourth-order valence-corrected chi connectivity index (χ4v) is 1.04. The molecule has 0 spiro atoms. The maximum atomic E-state index is 4.10. The molecule has 0 aliphatic heterocycles. The Hall–Kier alpha value is -0.520. The first-order valence-corrected chi connectivity index (χ1v) is 4.91. The molecule has 0 N–H and O–H groups in total. The third-order valence-corrected chi connectivity index (χ3v) is 2.64. The Labute approximate surface area is 77.4 Å². The van der Waals surface area contributed by atoms with E-state index < -0.39 is 0 Å². The van der Waals surface area contributed by atoms with Crippen LogP contribution >= 0.6 is 0 Å². The highest BCUT2D eigenvalue weighted by Crippen LogP contribution is 2.19. The van der Waals surface area contributed by atoms with Crippen molar-refractivity contribution in [3.05, 3.63) is 23.8 Å². The summed E-state index contributed by atoms with van der Waals surface area (Å²) in [6.45, 7) is 12.9. The van der Waals surface area contributed by atoms with Crippen LogP contribution < -0.4 is 0 Å². The van der Waals surface area contributed by atoms with Crippen molar-refractivity contribution < 1.29 is 0 Å². The van der Waals surface area contributed by atoms with Gasteiger partial charge in [0.2, 0.25) is 0 Å². The molecule has 0 bridgehead atoms. The van der Waals surface area contributed by atoms with Crippen molar-refractivity contribution in [2.24, 2.45) is 5.92 Å². The normalized spacial score (nSPS) is 14.5. The van der Waals surface area contributed by atoms with Crippen molar-refractivity contribution in [2.75, 3.05) is 0 Å². The van der Waals surface area contributed by atoms with E-state index in [1.165, 1.54) is 24.0 Å². The summed E-state index contributed by atoms with van der Waals surface area (Å²) in [7, 11) is 0. The second-order valence-electron chi connectivity index (χ2n) is 3.60. The summed E-state index contributed by atoms with van der Waals surface area (Å²) in [5.74, 6) is 0.689. The maximum Gasteiger partial charge on any atom is -0.0237 e. The molecule has 0 rings (SSSR count). The lowest BCUT2D eigenvalue weighted by Gasteiger charge is -2.12. The molecule has 1 atom stereocenters. The van der Waals surface area contributed by atoms with E-state index in [1.807, 2.05) is 0 Å². The molecule has 0 aliphatic rings. The predicted octanol–water partition coefficient (Wildman–Crippen LogP) is 4.34. The van der Waals surface area contributed by atoms with Crippen LogP contribution in [0.3, 0.4) is 0 Å². The first-order valence-electron chi connectivity index (χ1n) is 4.91. The van der Waals surface area contributed by atoms with Gasteiger partial charge in [-0.25, -0.2) is 0 Å². The first kappa shape index (κ1) is 11.5. The molecule has 0 nitrogen and oxygen atoms in total. The van der Waals surface area contributed by atoms with Gasteiger partial charge in [-0.05, 0) is 39.0 Å². The predicted molar refractivity (Wildman–Crippen MR) is 57.3 cm³/mol. The lowest BCUT2D eigenvalue weighted by molar-refractivity contribution is 0.624. The first-order chi connectivity index (χ1) is 5.61. The molecule has 0 saturated heterocycles. The van der Waals surface area contributed by atoms with Crippen molar-refractivity contribution in [1.29, 1.82) is 0 Å². The Morgan fingerprint density at radius 2 is 2.00 bits per heavy atom. The SMILES string of the molecule is C=C(CC/C(C)=C\C)C(C)CC. The minimum absolute atomic E-state index is 0.689. The third kappa shape index (κ3) is 4.38. The van der Waals surface area contributed by atoms with Gasteiger partial charge in [-0.3, -0.25) is 0 Å². The van der Waals surface area contributed by atoms with E-state index in [0.717, 1.165) is 6.42 Å². The Balaban J connectivity index is 3.72. The highest BCUT2D eigenvalue weighted by molar-refractivity contribution is 5.04. The van der Waals surface area contributed by atoms with E-state index in [2.05, 4.69) is 40.3 Å². The second-order valence-corrected chi connectivity index (χ2v) is 3.60. The molecule has 0 heterocycles. The van der Waals surface area contributed by atoms with Gasteiger partial charge in [0.15, 0.2) is 0 Å². The lowest BCUT2D eigenvalue weighted by Crippen LogP contribution is -1.96. The summed E-state index contributed by atoms with van der Waals surface area (Å²) in [6, 6.07) is 0. The minimum Gasteiger partial charge on any atom is -0.0996 e. The van der Waals surface area contributed by atoms with Crippen molar-refractivity contribution in [2.45, 2.75) is 47.0 Å². The Morgan fingerprint density at radius 1 is 1.42 bits per heavy atom. The minimum atomic E-state index is 0.689. The van der Waals surface area contributed by atoms with Crippen LogP contribution in [-0.2, 0) is 0 Å². The monoisotopic (exact) mass is 166 g/mol. The molecule has 70 valence electrons. The summed E-state index contributed by atoms with van der Waals surface area (Å²) in [4.78, 5) is 0. The second kappa shape index (κ2) is 6.05. The van der Waals surface area contributed by atoms with Crippen LogP contribution in [-0.4, -0.2) is 0 Å². The molecule has 0 radical (unpaired) electrons. The lowest BCUT2D eigenvalue weighted by atomic mass is 9.94. The summed E-state index contributed by atoms with van der Waals surface area (Å²) >= 11 is 0. The van der Waals surface area contributed by atoms with Crippen LogP contribution in [0.2, 0.25) is 0 Å². The zero-order chi connectivity index (χ0) is 9.56. The van der Waals surface area contributed by atoms with Crippen molar-refractivity contribution in [3.8, 4) is 0 Å². The van der Waals surface area contributed by atoms with E-state index in [0.29, 0.717) is 5.92 Å². The third-order valence-electron chi connectivity index (χ3n) is 2.64. The summed E-state index contributed by atoms with van der Waals surface area (Å²) in [6.07, 6.45) is 5.74. The fourth-order valence-electron chi connectivity index (χ4n) is 1.04. The Morgan fingerprint density at radius 3 is 2.42 bits per heavy atom. The average molecular weight is 166 g/mol. The molecule has 0 aromatic rings. The fraction of sp³-hybridized carbons (Fsp3) is 0.667. The zero-order valence-electron chi connectivity index (χ0n) is 8.98. The molecule has 1 unspecified atom stereocenters. The quantitative estimate of drug-likeness (QED) is 0.533. The largest absolute Gasteiger partial charge is 0.0996 e. The van der Waals surface area contributed by atoms with Gasteiger partial charge in [0, 0.05) is 0 Å². The highest BCUT2D eigenvalue weighted by Gasteiger charge is 2.03. The van der Waals surface area contributed by atoms with E-state index in [9.17, 15) is 0 Å². The summed E-state index contributed by atoms with van der Waals surface area (Å²) in [5.41, 5.74) is 2.87. The van der Waals surface area contributed by atoms with E-state index >= 15 is 0 Å². The van der Waals surface area contributed by atoms with Gasteiger partial charge >= 0.3 is 0 Å². The molecule has 0 aromatic heterocycles. The van der Waals surface area contributed by atoms with Crippen LogP contribution in [0.4, 0.5) is 0 Å². The molecule has 0 aromatic carbocycles. The van der Waals surface area contributed by atoms with Crippen LogP contribution in [0.15, 0.2) is 23.8 Å². The van der Waals surface area contributed by atoms with Crippen LogP contribution in [0, 0.1) is 5.92 Å². The van der Waals surface area contributed by atoms with E-state index in [-0.39, 0.29) is 0 Å². The Bertz CT molecular complexity index is 163. The summed E-state index contributed by atoms with van der Waals surface area (Å²) in [5, 5.41) is 0. The van der Waals surface area contributed by atoms with Gasteiger partial charge in [0.05, 0.1) is 0 Å². The molecular formula is C12H22. The molecule has 0 fully saturated rings. The van der Waals surface area contributed by atoms with Crippen LogP contribution in [0.25, 0.3) is 0 Å². The molecule has 0 aliphatic carbocycles. The standard InChI is InChI=1S/C12H22/c1-6-10(3)8-9-12(5)11(4)7-2/h6,11H,5,7-9H2,1-4H3/b10-6-. The van der Waals surface area contributed by atoms with Gasteiger partial charge < -0.3 is 0 Å². The topological polar surface area (TPSA) is 0 Å². The number of hydrogen-bond acceptors (Lipinski definition) is 0. The van der Waals surface area contributed by atoms with Crippen LogP contribution in [0.1, 0.15) is 47.0 Å². The average Bonchev–Trinajstić information content (AvgIpc) is 2.11. The molecule has 0 amide bonds. The number of allylic oxidation sites excluding steroid dienone is 3. The molecule has 0 saturated carbocycles. The number of rotatable bonds is 5. The smallest absolute Gasteiger partial charge is 0.0237 e. The Kier molecular flexibility index (Phi) is 5.79. The molecular weight excluding hydrogens is 144 g/mol. The maximum absolute atomic E-state index is 4.10. The van der Waals surface area contributed by atoms with Crippen molar-refractivity contribution in [1.82, 2.24) is 0 Å². The van der Waals surface area contributed by atoms with Gasteiger partial charge in [-0.1, -0.05) is 37.6 Å². The van der Waals surface area contributed by atoms with Gasteiger partial charge in [-0.15, -0.1) is 0 Å². The zero-order valence-corrected chi connectivity index (χ0v) is 8.98. The molecule has 12 heavy (non-hydrogen) atoms. The van der Waals surface area contributed by atoms with Crippen molar-refractivity contribution >= 4 is 0 Å². The van der Waals surface area contributed by atoms with Gasteiger partial charge in [0.25, 0.3) is 0 Å². The van der Waals surface area contributed by atoms with Crippen molar-refractivity contribution in [3.63, 3.8) is 0 Å². The van der Waals surface area contributed by atoms with E-state index in [4.69, 9.17) is 0 Å². The highest BCUT2D eigenvalue weighted by atomic mass is 14.1. The van der Waals surface area contributed by atoms with Crippen LogP contribution in [0.5, 0.6) is 0 Å². The molecule has 0 heteroatoms. The number of hydrogen-bond donors (Lipinski definition) is 0. The van der Waals surface area contributed by atoms with Gasteiger partial charge in [0.1, 0.15) is 0 Å². The summed E-state index contributed by atoms with van der Waals surface area (Å²) < 4.78 is 0. The van der Waals surface area contributed by atoms with Gasteiger partial charge in [-0.2, -0.15) is 0 Å². The van der Waals surface area contributed by atoms with E-state index in [1.54, 1.807) is 0 Å².